The molecule has 0 bridgehead atoms. The van der Waals surface area contributed by atoms with E-state index in [1.54, 1.807) is 48.5 Å². The maximum Gasteiger partial charge on any atom is 0.264 e. The minimum absolute atomic E-state index is 0.0685. The normalized spacial score (nSPS) is 10.5. The number of amides is 1. The van der Waals surface area contributed by atoms with Crippen LogP contribution in [-0.4, -0.2) is 22.5 Å². The smallest absolute Gasteiger partial charge is 0.264 e. The molecule has 0 fully saturated rings. The average Bonchev–Trinajstić information content (AvgIpc) is 2.70. The zero-order valence-corrected chi connectivity index (χ0v) is 16.1. The third kappa shape index (κ3) is 4.98. The molecule has 1 heterocycles. The fourth-order valence-electron chi connectivity index (χ4n) is 2.48. The van der Waals surface area contributed by atoms with Crippen LogP contribution in [0.25, 0.3) is 11.4 Å². The third-order valence-electron chi connectivity index (χ3n) is 4.04. The van der Waals surface area contributed by atoms with Crippen molar-refractivity contribution in [3.63, 3.8) is 0 Å². The molecule has 3 aromatic rings. The number of benzene rings is 2. The zero-order valence-electron chi connectivity index (χ0n) is 15.4. The van der Waals surface area contributed by atoms with E-state index in [0.29, 0.717) is 28.7 Å². The summed E-state index contributed by atoms with van der Waals surface area (Å²) < 4.78 is 5.59. The molecule has 0 aliphatic heterocycles. The van der Waals surface area contributed by atoms with Crippen molar-refractivity contribution < 1.29 is 9.53 Å². The van der Waals surface area contributed by atoms with Crippen molar-refractivity contribution in [3.05, 3.63) is 75.7 Å². The minimum atomic E-state index is -0.531. The van der Waals surface area contributed by atoms with Gasteiger partial charge in [-0.15, -0.1) is 0 Å². The Kier molecular flexibility index (Phi) is 6.45. The van der Waals surface area contributed by atoms with Gasteiger partial charge in [-0.05, 0) is 55.0 Å². The van der Waals surface area contributed by atoms with E-state index in [2.05, 4.69) is 22.2 Å². The molecule has 3 rings (SSSR count). The van der Waals surface area contributed by atoms with E-state index >= 15 is 0 Å². The van der Waals surface area contributed by atoms with Crippen LogP contribution < -0.4 is 15.6 Å². The molecule has 0 spiro atoms. The number of aromatic nitrogens is 2. The maximum atomic E-state index is 12.4. The zero-order chi connectivity index (χ0) is 19.9. The van der Waals surface area contributed by atoms with Gasteiger partial charge in [0.1, 0.15) is 17.1 Å². The summed E-state index contributed by atoms with van der Waals surface area (Å²) in [6.07, 6.45) is 3.31. The Morgan fingerprint density at radius 3 is 2.50 bits per heavy atom. The summed E-state index contributed by atoms with van der Waals surface area (Å²) >= 11 is 5.86. The van der Waals surface area contributed by atoms with Crippen molar-refractivity contribution >= 4 is 23.2 Å². The summed E-state index contributed by atoms with van der Waals surface area (Å²) in [6.45, 7) is 2.75. The number of nitrogens with zero attached hydrogens (tertiary/aromatic N) is 1. The molecule has 0 saturated heterocycles. The number of hydrogen-bond acceptors (Lipinski definition) is 4. The molecule has 1 amide bonds. The lowest BCUT2D eigenvalue weighted by Crippen LogP contribution is -2.24. The van der Waals surface area contributed by atoms with Crippen LogP contribution in [-0.2, 0) is 0 Å². The number of H-pyrrole nitrogens is 1. The Hall–Kier alpha value is -3.12. The van der Waals surface area contributed by atoms with Crippen LogP contribution in [0.4, 0.5) is 5.69 Å². The average molecular weight is 398 g/mol. The molecule has 144 valence electrons. The second kappa shape index (κ2) is 9.19. The van der Waals surface area contributed by atoms with Gasteiger partial charge in [0.25, 0.3) is 11.5 Å². The van der Waals surface area contributed by atoms with Crippen LogP contribution in [0.2, 0.25) is 5.02 Å². The minimum Gasteiger partial charge on any atom is -0.494 e. The summed E-state index contributed by atoms with van der Waals surface area (Å²) in [5, 5.41) is 3.28. The SMILES string of the molecule is CCCCOc1ccc(NC(=O)c2cnc(-c3ccc(Cl)cc3)[nH]c2=O)cc1. The van der Waals surface area contributed by atoms with Crippen LogP contribution in [0.15, 0.2) is 59.5 Å². The van der Waals surface area contributed by atoms with Gasteiger partial charge in [0.2, 0.25) is 0 Å². The molecule has 6 nitrogen and oxygen atoms in total. The highest BCUT2D eigenvalue weighted by molar-refractivity contribution is 6.30. The molecular weight excluding hydrogens is 378 g/mol. The number of aromatic amines is 1. The van der Waals surface area contributed by atoms with E-state index in [1.807, 2.05) is 0 Å². The third-order valence-corrected chi connectivity index (χ3v) is 4.29. The van der Waals surface area contributed by atoms with Gasteiger partial charge in [-0.2, -0.15) is 0 Å². The number of rotatable bonds is 7. The highest BCUT2D eigenvalue weighted by atomic mass is 35.5. The summed E-state index contributed by atoms with van der Waals surface area (Å²) in [6, 6.07) is 13.9. The van der Waals surface area contributed by atoms with Crippen molar-refractivity contribution in [1.29, 1.82) is 0 Å². The molecule has 0 radical (unpaired) electrons. The van der Waals surface area contributed by atoms with Gasteiger partial charge in [-0.1, -0.05) is 24.9 Å². The number of halogens is 1. The lowest BCUT2D eigenvalue weighted by atomic mass is 10.2. The van der Waals surface area contributed by atoms with Crippen molar-refractivity contribution in [2.45, 2.75) is 19.8 Å². The summed E-state index contributed by atoms with van der Waals surface area (Å²) in [4.78, 5) is 31.5. The fourth-order valence-corrected chi connectivity index (χ4v) is 2.60. The quantitative estimate of drug-likeness (QED) is 0.574. The van der Waals surface area contributed by atoms with Crippen LogP contribution in [0.1, 0.15) is 30.1 Å². The number of unbranched alkanes of at least 4 members (excludes halogenated alkanes) is 1. The van der Waals surface area contributed by atoms with Crippen LogP contribution in [0.5, 0.6) is 5.75 Å². The molecule has 7 heteroatoms. The van der Waals surface area contributed by atoms with Gasteiger partial charge in [0.15, 0.2) is 0 Å². The fraction of sp³-hybridized carbons (Fsp3) is 0.190. The Morgan fingerprint density at radius 1 is 1.14 bits per heavy atom. The van der Waals surface area contributed by atoms with Crippen LogP contribution in [0, 0.1) is 0 Å². The summed E-state index contributed by atoms with van der Waals surface area (Å²) in [5.74, 6) is 0.570. The van der Waals surface area contributed by atoms with Gasteiger partial charge in [-0.3, -0.25) is 9.59 Å². The molecule has 28 heavy (non-hydrogen) atoms. The summed E-state index contributed by atoms with van der Waals surface area (Å²) in [7, 11) is 0. The molecule has 2 aromatic carbocycles. The van der Waals surface area contributed by atoms with Gasteiger partial charge in [0.05, 0.1) is 6.61 Å². The second-order valence-electron chi connectivity index (χ2n) is 6.16. The number of carbonyl (C=O) groups is 1. The first-order valence-corrected chi connectivity index (χ1v) is 9.34. The van der Waals surface area contributed by atoms with Crippen LogP contribution in [0.3, 0.4) is 0 Å². The number of anilines is 1. The van der Waals surface area contributed by atoms with Crippen molar-refractivity contribution in [2.24, 2.45) is 0 Å². The molecular formula is C21H20ClN3O3. The Labute approximate surface area is 167 Å². The van der Waals surface area contributed by atoms with Crippen molar-refractivity contribution in [3.8, 4) is 17.1 Å². The number of carbonyl (C=O) groups excluding carboxylic acids is 1. The topological polar surface area (TPSA) is 84.1 Å². The molecule has 1 aromatic heterocycles. The highest BCUT2D eigenvalue weighted by Crippen LogP contribution is 2.18. The largest absolute Gasteiger partial charge is 0.494 e. The van der Waals surface area contributed by atoms with E-state index in [0.717, 1.165) is 18.6 Å². The van der Waals surface area contributed by atoms with E-state index in [9.17, 15) is 9.59 Å². The molecule has 0 aliphatic carbocycles. The van der Waals surface area contributed by atoms with Gasteiger partial charge < -0.3 is 15.0 Å². The lowest BCUT2D eigenvalue weighted by Gasteiger charge is -2.08. The maximum absolute atomic E-state index is 12.4. The first-order chi connectivity index (χ1) is 13.6. The molecule has 2 N–H and O–H groups in total. The van der Waals surface area contributed by atoms with E-state index in [-0.39, 0.29) is 5.56 Å². The predicted octanol–water partition coefficient (Wildman–Crippen LogP) is 4.52. The molecule has 0 atom stereocenters. The monoisotopic (exact) mass is 397 g/mol. The van der Waals surface area contributed by atoms with E-state index in [4.69, 9.17) is 16.3 Å². The first kappa shape index (κ1) is 19.6. The molecule has 0 aliphatic rings. The number of nitrogens with one attached hydrogen (secondary N) is 2. The van der Waals surface area contributed by atoms with Crippen molar-refractivity contribution in [2.75, 3.05) is 11.9 Å². The number of ether oxygens (including phenoxy) is 1. The molecule has 0 unspecified atom stereocenters. The Bertz CT molecular complexity index is 999. The van der Waals surface area contributed by atoms with Crippen molar-refractivity contribution in [1.82, 2.24) is 9.97 Å². The highest BCUT2D eigenvalue weighted by Gasteiger charge is 2.13. The van der Waals surface area contributed by atoms with Gasteiger partial charge in [-0.25, -0.2) is 4.98 Å². The van der Waals surface area contributed by atoms with Gasteiger partial charge >= 0.3 is 0 Å². The Morgan fingerprint density at radius 2 is 1.86 bits per heavy atom. The van der Waals surface area contributed by atoms with E-state index in [1.165, 1.54) is 6.20 Å². The molecule has 0 saturated carbocycles. The standard InChI is InChI=1S/C21H20ClN3O3/c1-2-3-12-28-17-10-8-16(9-11-17)24-20(26)18-13-23-19(25-21(18)27)14-4-6-15(22)7-5-14/h4-11,13H,2-3,12H2,1H3,(H,24,26)(H,23,25,27). The van der Waals surface area contributed by atoms with Gasteiger partial charge in [0, 0.05) is 22.5 Å². The predicted molar refractivity (Wildman–Crippen MR) is 110 cm³/mol. The lowest BCUT2D eigenvalue weighted by molar-refractivity contribution is 0.102. The summed E-state index contributed by atoms with van der Waals surface area (Å²) in [5.41, 5.74) is 0.680. The second-order valence-corrected chi connectivity index (χ2v) is 6.60. The van der Waals surface area contributed by atoms with E-state index < -0.39 is 11.5 Å². The number of hydrogen-bond donors (Lipinski definition) is 2. The Balaban J connectivity index is 1.69. The first-order valence-electron chi connectivity index (χ1n) is 8.96. The van der Waals surface area contributed by atoms with Crippen LogP contribution >= 0.6 is 11.6 Å².